The number of azo groups is 1. The fourth-order valence-electron chi connectivity index (χ4n) is 2.71. The van der Waals surface area contributed by atoms with Crippen molar-refractivity contribution >= 4 is 43.6 Å². The van der Waals surface area contributed by atoms with E-state index in [0.29, 0.717) is 10.9 Å². The maximum Gasteiger partial charge on any atom is 0.296 e. The molecule has 0 saturated carbocycles. The number of rotatable bonds is 4. The third kappa shape index (κ3) is 3.61. The molecule has 11 heteroatoms. The lowest BCUT2D eigenvalue weighted by Gasteiger charge is -2.11. The summed E-state index contributed by atoms with van der Waals surface area (Å²) < 4.78 is 33.2. The van der Waals surface area contributed by atoms with Crippen LogP contribution < -0.4 is 5.73 Å². The van der Waals surface area contributed by atoms with Gasteiger partial charge in [0.25, 0.3) is 15.8 Å². The Kier molecular flexibility index (Phi) is 4.71. The summed E-state index contributed by atoms with van der Waals surface area (Å²) >= 11 is 0. The van der Waals surface area contributed by atoms with Crippen LogP contribution in [-0.4, -0.2) is 23.0 Å². The molecule has 0 aromatic heterocycles. The van der Waals surface area contributed by atoms with E-state index in [1.54, 1.807) is 13.0 Å². The summed E-state index contributed by atoms with van der Waals surface area (Å²) in [5.74, 6) is -0.179. The normalized spacial score (nSPS) is 11.9. The molecule has 0 amide bonds. The number of nitrogen functional groups attached to an aromatic ring is 1. The Morgan fingerprint density at radius 1 is 1.11 bits per heavy atom. The predicted octanol–water partition coefficient (Wildman–Crippen LogP) is 4.01. The molecular formula is C17H14N4O6S. The second-order valence-corrected chi connectivity index (χ2v) is 7.36. The van der Waals surface area contributed by atoms with Gasteiger partial charge in [-0.2, -0.15) is 13.5 Å². The number of nitrogens with two attached hydrogens (primary N) is 1. The molecule has 0 unspecified atom stereocenters. The number of phenols is 1. The van der Waals surface area contributed by atoms with Gasteiger partial charge in [-0.15, -0.1) is 5.11 Å². The molecule has 0 heterocycles. The summed E-state index contributed by atoms with van der Waals surface area (Å²) in [5.41, 5.74) is 6.18. The van der Waals surface area contributed by atoms with Crippen LogP contribution in [0.5, 0.6) is 5.75 Å². The number of hydrogen-bond donors (Lipinski definition) is 3. The van der Waals surface area contributed by atoms with Crippen LogP contribution in [0.15, 0.2) is 57.6 Å². The van der Waals surface area contributed by atoms with Crippen molar-refractivity contribution in [3.05, 3.63) is 58.1 Å². The van der Waals surface area contributed by atoms with Crippen LogP contribution in [0, 0.1) is 17.0 Å². The van der Waals surface area contributed by atoms with Gasteiger partial charge >= 0.3 is 0 Å². The van der Waals surface area contributed by atoms with Crippen molar-refractivity contribution in [1.29, 1.82) is 0 Å². The first-order valence-electron chi connectivity index (χ1n) is 7.77. The Bertz CT molecular complexity index is 1240. The van der Waals surface area contributed by atoms with Crippen molar-refractivity contribution in [2.75, 3.05) is 5.73 Å². The molecule has 0 spiro atoms. The van der Waals surface area contributed by atoms with Crippen LogP contribution in [0.2, 0.25) is 0 Å². The average molecular weight is 402 g/mol. The molecule has 0 atom stereocenters. The Morgan fingerprint density at radius 2 is 1.75 bits per heavy atom. The fraction of sp³-hybridized carbons (Fsp3) is 0.0588. The molecule has 0 saturated heterocycles. The van der Waals surface area contributed by atoms with Gasteiger partial charge in [-0.3, -0.25) is 14.7 Å². The zero-order valence-electron chi connectivity index (χ0n) is 14.4. The van der Waals surface area contributed by atoms with Gasteiger partial charge in [0.05, 0.1) is 16.3 Å². The first-order valence-corrected chi connectivity index (χ1v) is 9.21. The van der Waals surface area contributed by atoms with Crippen molar-refractivity contribution in [3.63, 3.8) is 0 Å². The van der Waals surface area contributed by atoms with Gasteiger partial charge in [0.2, 0.25) is 0 Å². The lowest BCUT2D eigenvalue weighted by Crippen LogP contribution is -2.01. The number of anilines is 1. The Hall–Kier alpha value is -3.57. The van der Waals surface area contributed by atoms with Gasteiger partial charge in [-0.05, 0) is 42.1 Å². The highest BCUT2D eigenvalue weighted by Crippen LogP contribution is 2.42. The first kappa shape index (κ1) is 19.2. The minimum absolute atomic E-state index is 0.150. The monoisotopic (exact) mass is 402 g/mol. The van der Waals surface area contributed by atoms with E-state index in [0.717, 1.165) is 6.07 Å². The number of hydrogen-bond acceptors (Lipinski definition) is 8. The predicted molar refractivity (Wildman–Crippen MR) is 102 cm³/mol. The summed E-state index contributed by atoms with van der Waals surface area (Å²) in [6.45, 7) is 1.70. The molecule has 0 radical (unpaired) electrons. The van der Waals surface area contributed by atoms with Gasteiger partial charge in [0, 0.05) is 17.5 Å². The molecule has 0 aliphatic heterocycles. The third-order valence-electron chi connectivity index (χ3n) is 3.94. The maximum atomic E-state index is 11.8. The van der Waals surface area contributed by atoms with Crippen LogP contribution in [0.3, 0.4) is 0 Å². The van der Waals surface area contributed by atoms with Crippen LogP contribution in [0.1, 0.15) is 5.56 Å². The van der Waals surface area contributed by atoms with Crippen LogP contribution in [0.4, 0.5) is 22.7 Å². The Labute approximate surface area is 158 Å². The Balaban J connectivity index is 2.21. The lowest BCUT2D eigenvalue weighted by atomic mass is 10.0. The number of fused-ring (bicyclic) bond motifs is 1. The lowest BCUT2D eigenvalue weighted by molar-refractivity contribution is -0.384. The van der Waals surface area contributed by atoms with E-state index in [-0.39, 0.29) is 33.9 Å². The molecule has 0 aliphatic rings. The van der Waals surface area contributed by atoms with Crippen molar-refractivity contribution in [3.8, 4) is 5.75 Å². The van der Waals surface area contributed by atoms with Gasteiger partial charge in [-0.25, -0.2) is 0 Å². The Morgan fingerprint density at radius 3 is 2.32 bits per heavy atom. The quantitative estimate of drug-likeness (QED) is 0.195. The molecule has 0 bridgehead atoms. The molecule has 3 aromatic carbocycles. The van der Waals surface area contributed by atoms with E-state index in [1.165, 1.54) is 30.3 Å². The van der Waals surface area contributed by atoms with E-state index in [9.17, 15) is 28.2 Å². The summed E-state index contributed by atoms with van der Waals surface area (Å²) in [4.78, 5) is 9.53. The van der Waals surface area contributed by atoms with E-state index in [1.807, 2.05) is 0 Å². The molecule has 3 rings (SSSR count). The second kappa shape index (κ2) is 6.87. The smallest absolute Gasteiger partial charge is 0.296 e. The summed E-state index contributed by atoms with van der Waals surface area (Å²) in [5, 5.41) is 29.0. The van der Waals surface area contributed by atoms with Gasteiger partial charge < -0.3 is 10.8 Å². The number of aromatic hydroxyl groups is 1. The summed E-state index contributed by atoms with van der Waals surface area (Å²) in [7, 11) is -4.70. The molecule has 3 aromatic rings. The van der Waals surface area contributed by atoms with E-state index < -0.39 is 19.9 Å². The number of nitro groups is 1. The van der Waals surface area contributed by atoms with Crippen LogP contribution in [0.25, 0.3) is 10.8 Å². The number of nitro benzene ring substituents is 1. The molecule has 28 heavy (non-hydrogen) atoms. The zero-order chi connectivity index (χ0) is 20.6. The SMILES string of the molecule is Cc1cc(O)c2c(N)c(N=Nc3ccc([N+](=O)[O-])cc3)c(S(=O)(=O)O)cc2c1. The standard InChI is InChI=1S/C17H14N4O6S/c1-9-6-10-8-14(28(25,26)27)17(16(18)15(10)13(22)7-9)20-19-11-2-4-12(5-3-11)21(23)24/h2-8,22H,18H2,1H3,(H,25,26,27). The maximum absolute atomic E-state index is 11.8. The zero-order valence-corrected chi connectivity index (χ0v) is 15.2. The topological polar surface area (TPSA) is 168 Å². The van der Waals surface area contributed by atoms with E-state index in [2.05, 4.69) is 10.2 Å². The minimum atomic E-state index is -4.70. The van der Waals surface area contributed by atoms with Crippen LogP contribution >= 0.6 is 0 Å². The summed E-state index contributed by atoms with van der Waals surface area (Å²) in [6, 6.07) is 9.21. The number of nitrogens with zero attached hydrogens (tertiary/aromatic N) is 3. The first-order chi connectivity index (χ1) is 13.1. The van der Waals surface area contributed by atoms with Gasteiger partial charge in [0.1, 0.15) is 16.3 Å². The molecule has 0 aliphatic carbocycles. The largest absolute Gasteiger partial charge is 0.507 e. The highest BCUT2D eigenvalue weighted by Gasteiger charge is 2.22. The minimum Gasteiger partial charge on any atom is -0.507 e. The molecule has 0 fully saturated rings. The van der Waals surface area contributed by atoms with Gasteiger partial charge in [-0.1, -0.05) is 6.07 Å². The van der Waals surface area contributed by atoms with Crippen molar-refractivity contribution < 1.29 is 23.0 Å². The number of phenolic OH excluding ortho intramolecular Hbond substituents is 1. The van der Waals surface area contributed by atoms with Crippen LogP contribution in [-0.2, 0) is 10.1 Å². The van der Waals surface area contributed by atoms with Crippen molar-refractivity contribution in [1.82, 2.24) is 0 Å². The highest BCUT2D eigenvalue weighted by molar-refractivity contribution is 7.86. The fourth-order valence-corrected chi connectivity index (χ4v) is 3.38. The van der Waals surface area contributed by atoms with Gasteiger partial charge in [0.15, 0.2) is 0 Å². The van der Waals surface area contributed by atoms with E-state index >= 15 is 0 Å². The molecule has 10 nitrogen and oxygen atoms in total. The highest BCUT2D eigenvalue weighted by atomic mass is 32.2. The average Bonchev–Trinajstić information content (AvgIpc) is 2.59. The molecular weight excluding hydrogens is 388 g/mol. The molecule has 144 valence electrons. The summed E-state index contributed by atoms with van der Waals surface area (Å²) in [6.07, 6.45) is 0. The van der Waals surface area contributed by atoms with E-state index in [4.69, 9.17) is 5.73 Å². The van der Waals surface area contributed by atoms with Crippen molar-refractivity contribution in [2.24, 2.45) is 10.2 Å². The molecule has 4 N–H and O–H groups in total. The van der Waals surface area contributed by atoms with Crippen molar-refractivity contribution in [2.45, 2.75) is 11.8 Å². The number of non-ortho nitro benzene ring substituents is 1. The number of aryl methyl sites for hydroxylation is 1. The number of benzene rings is 3. The third-order valence-corrected chi connectivity index (χ3v) is 4.81. The second-order valence-electron chi connectivity index (χ2n) is 5.97.